The molecule has 0 radical (unpaired) electrons. The molecule has 4 N–H and O–H groups in total. The van der Waals surface area contributed by atoms with Crippen molar-refractivity contribution in [2.75, 3.05) is 0 Å². The molecule has 0 fully saturated rings. The van der Waals surface area contributed by atoms with Crippen LogP contribution < -0.4 is 0 Å². The van der Waals surface area contributed by atoms with Gasteiger partial charge in [0, 0.05) is 11.1 Å². The minimum Gasteiger partial charge on any atom is -0.479 e. The summed E-state index contributed by atoms with van der Waals surface area (Å²) in [5.41, 5.74) is 0.733. The monoisotopic (exact) mass is 266 g/mol. The van der Waals surface area contributed by atoms with Gasteiger partial charge in [0.25, 0.3) is 0 Å². The van der Waals surface area contributed by atoms with Gasteiger partial charge in [-0.05, 0) is 12.1 Å². The maximum absolute atomic E-state index is 13.1. The Morgan fingerprint density at radius 2 is 2.11 bits per heavy atom. The van der Waals surface area contributed by atoms with E-state index < -0.39 is 24.0 Å². The largest absolute Gasteiger partial charge is 0.479 e. The molecule has 0 bridgehead atoms. The first kappa shape index (κ1) is 13.2. The third kappa shape index (κ3) is 2.61. The van der Waals surface area contributed by atoms with Gasteiger partial charge in [0.15, 0.2) is 6.10 Å². The summed E-state index contributed by atoms with van der Waals surface area (Å²) in [5.74, 6) is -2.04. The first-order chi connectivity index (χ1) is 9.00. The standard InChI is InChI=1S/C12H11FN2O4/c13-7-3-1-2-6(4-7)9-8(5-14-15-9)10(16)11(17)12(18)19/h1-5,10-11,16-17H,(H,14,15)(H,18,19). The van der Waals surface area contributed by atoms with Crippen molar-refractivity contribution in [3.8, 4) is 11.3 Å². The number of carboxylic acids is 1. The Labute approximate surface area is 107 Å². The predicted molar refractivity (Wildman–Crippen MR) is 62.6 cm³/mol. The highest BCUT2D eigenvalue weighted by Crippen LogP contribution is 2.28. The molecule has 0 aliphatic rings. The molecule has 1 aromatic carbocycles. The number of rotatable bonds is 4. The van der Waals surface area contributed by atoms with Gasteiger partial charge in [-0.15, -0.1) is 0 Å². The van der Waals surface area contributed by atoms with E-state index >= 15 is 0 Å². The topological polar surface area (TPSA) is 106 Å². The number of carboxylic acid groups (broad SMARTS) is 1. The number of hydrogen-bond acceptors (Lipinski definition) is 4. The number of aromatic nitrogens is 2. The van der Waals surface area contributed by atoms with E-state index in [2.05, 4.69) is 10.2 Å². The van der Waals surface area contributed by atoms with Gasteiger partial charge in [-0.2, -0.15) is 5.10 Å². The first-order valence-corrected chi connectivity index (χ1v) is 5.39. The SMILES string of the molecule is O=C(O)C(O)C(O)c1cn[nH]c1-c1cccc(F)c1. The Kier molecular flexibility index (Phi) is 3.59. The van der Waals surface area contributed by atoms with E-state index in [-0.39, 0.29) is 11.3 Å². The third-order valence-corrected chi connectivity index (χ3v) is 2.65. The molecule has 0 saturated carbocycles. The molecule has 2 aromatic rings. The van der Waals surface area contributed by atoms with E-state index in [0.717, 1.165) is 0 Å². The van der Waals surface area contributed by atoms with Crippen LogP contribution in [0, 0.1) is 5.82 Å². The molecule has 100 valence electrons. The van der Waals surface area contributed by atoms with Gasteiger partial charge in [0.2, 0.25) is 0 Å². The number of nitrogens with zero attached hydrogens (tertiary/aromatic N) is 1. The van der Waals surface area contributed by atoms with Crippen LogP contribution >= 0.6 is 0 Å². The zero-order valence-corrected chi connectivity index (χ0v) is 9.62. The summed E-state index contributed by atoms with van der Waals surface area (Å²) >= 11 is 0. The Balaban J connectivity index is 2.40. The highest BCUT2D eigenvalue weighted by molar-refractivity contribution is 5.74. The minimum absolute atomic E-state index is 0.0838. The summed E-state index contributed by atoms with van der Waals surface area (Å²) in [5, 5.41) is 34.0. The predicted octanol–water partition coefficient (Wildman–Crippen LogP) is 0.695. The van der Waals surface area contributed by atoms with Crippen molar-refractivity contribution in [3.63, 3.8) is 0 Å². The maximum Gasteiger partial charge on any atom is 0.335 e. The lowest BCUT2D eigenvalue weighted by molar-refractivity contribution is -0.153. The van der Waals surface area contributed by atoms with Gasteiger partial charge in [0.05, 0.1) is 11.9 Å². The summed E-state index contributed by atoms with van der Waals surface area (Å²) in [7, 11) is 0. The molecule has 2 unspecified atom stereocenters. The van der Waals surface area contributed by atoms with Crippen LogP contribution in [0.2, 0.25) is 0 Å². The number of aliphatic hydroxyl groups is 2. The van der Waals surface area contributed by atoms with Crippen LogP contribution in [0.15, 0.2) is 30.5 Å². The van der Waals surface area contributed by atoms with E-state index in [1.54, 1.807) is 6.07 Å². The van der Waals surface area contributed by atoms with Crippen molar-refractivity contribution in [1.82, 2.24) is 10.2 Å². The molecule has 2 rings (SSSR count). The van der Waals surface area contributed by atoms with Crippen molar-refractivity contribution in [2.24, 2.45) is 0 Å². The lowest BCUT2D eigenvalue weighted by atomic mass is 10.0. The average molecular weight is 266 g/mol. The summed E-state index contributed by atoms with van der Waals surface area (Å²) < 4.78 is 13.1. The Morgan fingerprint density at radius 3 is 2.74 bits per heavy atom. The normalized spacial score (nSPS) is 14.1. The van der Waals surface area contributed by atoms with Crippen LogP contribution in [0.3, 0.4) is 0 Å². The Hall–Kier alpha value is -2.25. The molecule has 0 amide bonds. The number of aliphatic carboxylic acids is 1. The van der Waals surface area contributed by atoms with E-state index in [0.29, 0.717) is 5.56 Å². The van der Waals surface area contributed by atoms with E-state index in [1.165, 1.54) is 24.4 Å². The molecule has 2 atom stereocenters. The van der Waals surface area contributed by atoms with E-state index in [9.17, 15) is 19.4 Å². The summed E-state index contributed by atoms with van der Waals surface area (Å²) in [6.45, 7) is 0. The molecule has 0 saturated heterocycles. The second kappa shape index (κ2) is 5.17. The fourth-order valence-corrected chi connectivity index (χ4v) is 1.70. The van der Waals surface area contributed by atoms with Crippen molar-refractivity contribution < 1.29 is 24.5 Å². The lowest BCUT2D eigenvalue weighted by Gasteiger charge is -2.14. The molecular weight excluding hydrogens is 255 g/mol. The van der Waals surface area contributed by atoms with Gasteiger partial charge in [-0.3, -0.25) is 5.10 Å². The molecular formula is C12H11FN2O4. The number of halogens is 1. The van der Waals surface area contributed by atoms with Crippen molar-refractivity contribution in [3.05, 3.63) is 41.8 Å². The molecule has 0 spiro atoms. The summed E-state index contributed by atoms with van der Waals surface area (Å²) in [6.07, 6.45) is -2.45. The minimum atomic E-state index is -1.98. The molecule has 1 heterocycles. The number of aliphatic hydroxyl groups excluding tert-OH is 2. The van der Waals surface area contributed by atoms with Gasteiger partial charge in [-0.25, -0.2) is 9.18 Å². The molecule has 6 nitrogen and oxygen atoms in total. The molecule has 0 aliphatic carbocycles. The molecule has 19 heavy (non-hydrogen) atoms. The van der Waals surface area contributed by atoms with Crippen LogP contribution in [-0.4, -0.2) is 37.6 Å². The number of benzene rings is 1. The summed E-state index contributed by atoms with van der Waals surface area (Å²) in [4.78, 5) is 10.6. The van der Waals surface area contributed by atoms with Crippen LogP contribution in [0.25, 0.3) is 11.3 Å². The Morgan fingerprint density at radius 1 is 1.37 bits per heavy atom. The zero-order chi connectivity index (χ0) is 14.0. The van der Waals surface area contributed by atoms with Crippen molar-refractivity contribution in [2.45, 2.75) is 12.2 Å². The number of nitrogens with one attached hydrogen (secondary N) is 1. The average Bonchev–Trinajstić information content (AvgIpc) is 2.86. The second-order valence-corrected chi connectivity index (χ2v) is 3.94. The van der Waals surface area contributed by atoms with Crippen LogP contribution in [0.5, 0.6) is 0 Å². The molecule has 0 aliphatic heterocycles. The first-order valence-electron chi connectivity index (χ1n) is 5.39. The fourth-order valence-electron chi connectivity index (χ4n) is 1.70. The van der Waals surface area contributed by atoms with Crippen LogP contribution in [0.4, 0.5) is 4.39 Å². The fraction of sp³-hybridized carbons (Fsp3) is 0.167. The third-order valence-electron chi connectivity index (χ3n) is 2.65. The van der Waals surface area contributed by atoms with Crippen molar-refractivity contribution >= 4 is 5.97 Å². The van der Waals surface area contributed by atoms with E-state index in [1.807, 2.05) is 0 Å². The van der Waals surface area contributed by atoms with E-state index in [4.69, 9.17) is 5.11 Å². The zero-order valence-electron chi connectivity index (χ0n) is 9.62. The Bertz CT molecular complexity index is 599. The van der Waals surface area contributed by atoms with Gasteiger partial charge >= 0.3 is 5.97 Å². The van der Waals surface area contributed by atoms with Gasteiger partial charge in [0.1, 0.15) is 11.9 Å². The van der Waals surface area contributed by atoms with Crippen LogP contribution in [0.1, 0.15) is 11.7 Å². The lowest BCUT2D eigenvalue weighted by Crippen LogP contribution is -2.27. The van der Waals surface area contributed by atoms with Gasteiger partial charge < -0.3 is 15.3 Å². The highest BCUT2D eigenvalue weighted by atomic mass is 19.1. The number of H-pyrrole nitrogens is 1. The summed E-state index contributed by atoms with van der Waals surface area (Å²) in [6, 6.07) is 5.49. The molecule has 1 aromatic heterocycles. The van der Waals surface area contributed by atoms with Crippen molar-refractivity contribution in [1.29, 1.82) is 0 Å². The second-order valence-electron chi connectivity index (χ2n) is 3.94. The number of aromatic amines is 1. The maximum atomic E-state index is 13.1. The van der Waals surface area contributed by atoms with Crippen LogP contribution in [-0.2, 0) is 4.79 Å². The molecule has 7 heteroatoms. The number of hydrogen-bond donors (Lipinski definition) is 4. The number of carbonyl (C=O) groups is 1. The van der Waals surface area contributed by atoms with Gasteiger partial charge in [-0.1, -0.05) is 12.1 Å². The quantitative estimate of drug-likeness (QED) is 0.651. The highest BCUT2D eigenvalue weighted by Gasteiger charge is 2.28. The smallest absolute Gasteiger partial charge is 0.335 e.